The van der Waals surface area contributed by atoms with Crippen LogP contribution in [-0.4, -0.2) is 44.4 Å². The van der Waals surface area contributed by atoms with Gasteiger partial charge in [0, 0.05) is 43.0 Å². The summed E-state index contributed by atoms with van der Waals surface area (Å²) in [6.07, 6.45) is 6.50. The molecule has 0 spiro atoms. The van der Waals surface area contributed by atoms with Crippen molar-refractivity contribution in [3.05, 3.63) is 59.7 Å². The Kier molecular flexibility index (Phi) is 5.03. The number of carbonyl (C=O) groups is 1. The lowest BCUT2D eigenvalue weighted by Gasteiger charge is -2.33. The number of pyridine rings is 1. The highest BCUT2D eigenvalue weighted by molar-refractivity contribution is 5.89. The van der Waals surface area contributed by atoms with Gasteiger partial charge in [-0.05, 0) is 63.3 Å². The average Bonchev–Trinajstić information content (AvgIpc) is 3.33. The molecule has 0 saturated carbocycles. The molecule has 166 valence electrons. The van der Waals surface area contributed by atoms with Crippen molar-refractivity contribution >= 4 is 6.09 Å². The summed E-state index contributed by atoms with van der Waals surface area (Å²) in [4.78, 5) is 18.9. The predicted molar refractivity (Wildman–Crippen MR) is 125 cm³/mol. The first-order valence-electron chi connectivity index (χ1n) is 11.4. The molecule has 0 atom stereocenters. The van der Waals surface area contributed by atoms with Gasteiger partial charge in [-0.15, -0.1) is 0 Å². The highest BCUT2D eigenvalue weighted by Gasteiger charge is 2.29. The Morgan fingerprint density at radius 3 is 2.56 bits per heavy atom. The quantitative estimate of drug-likeness (QED) is 0.427. The van der Waals surface area contributed by atoms with Gasteiger partial charge < -0.3 is 9.64 Å². The highest BCUT2D eigenvalue weighted by Crippen LogP contribution is 2.42. The molecule has 0 radical (unpaired) electrons. The molecule has 6 heteroatoms. The lowest BCUT2D eigenvalue weighted by Crippen LogP contribution is -2.42. The second kappa shape index (κ2) is 7.76. The summed E-state index contributed by atoms with van der Waals surface area (Å²) in [5, 5.41) is 4.88. The number of nitrogens with zero attached hydrogens (tertiary/aromatic N) is 4. The molecular formula is C26H30N4O2. The van der Waals surface area contributed by atoms with Crippen LogP contribution in [0.2, 0.25) is 0 Å². The number of aryl methyl sites for hydroxylation is 1. The monoisotopic (exact) mass is 430 g/mol. The molecular weight excluding hydrogens is 400 g/mol. The SMILES string of the molecule is Cc1nn(C2CCN(C(=O)OC(C)(C)C)CC2)cc1-c1ccnc2c1-c1ccccc1C2. The van der Waals surface area contributed by atoms with Crippen molar-refractivity contribution in [2.75, 3.05) is 13.1 Å². The van der Waals surface area contributed by atoms with E-state index in [1.807, 2.05) is 31.9 Å². The minimum Gasteiger partial charge on any atom is -0.444 e. The molecule has 2 aliphatic rings. The molecule has 1 aromatic carbocycles. The van der Waals surface area contributed by atoms with Crippen molar-refractivity contribution in [2.45, 2.75) is 58.6 Å². The maximum Gasteiger partial charge on any atom is 0.410 e. The van der Waals surface area contributed by atoms with E-state index in [9.17, 15) is 4.79 Å². The predicted octanol–water partition coefficient (Wildman–Crippen LogP) is 5.40. The summed E-state index contributed by atoms with van der Waals surface area (Å²) in [7, 11) is 0. The van der Waals surface area contributed by atoms with Gasteiger partial charge >= 0.3 is 6.09 Å². The summed E-state index contributed by atoms with van der Waals surface area (Å²) in [6, 6.07) is 11.0. The van der Waals surface area contributed by atoms with Crippen LogP contribution in [0.4, 0.5) is 4.79 Å². The van der Waals surface area contributed by atoms with Crippen molar-refractivity contribution in [3.8, 4) is 22.3 Å². The smallest absolute Gasteiger partial charge is 0.410 e. The number of rotatable bonds is 2. The molecule has 1 aliphatic carbocycles. The molecule has 1 saturated heterocycles. The Morgan fingerprint density at radius 1 is 1.06 bits per heavy atom. The first kappa shape index (κ1) is 20.7. The standard InChI is InChI=1S/C26H30N4O2/c1-17-22(21-9-12-27-23-15-18-7-5-6-8-20(18)24(21)23)16-30(28-17)19-10-13-29(14-11-19)25(31)32-26(2,3)4/h5-9,12,16,19H,10-11,13-15H2,1-4H3. The van der Waals surface area contributed by atoms with E-state index in [1.165, 1.54) is 22.3 Å². The molecule has 5 rings (SSSR count). The lowest BCUT2D eigenvalue weighted by molar-refractivity contribution is 0.0184. The van der Waals surface area contributed by atoms with Gasteiger partial charge in [-0.1, -0.05) is 24.3 Å². The fourth-order valence-electron chi connectivity index (χ4n) is 4.84. The van der Waals surface area contributed by atoms with Gasteiger partial charge in [0.25, 0.3) is 0 Å². The normalized spacial score (nSPS) is 16.1. The molecule has 0 bridgehead atoms. The van der Waals surface area contributed by atoms with Crippen LogP contribution in [0.3, 0.4) is 0 Å². The highest BCUT2D eigenvalue weighted by atomic mass is 16.6. The van der Waals surface area contributed by atoms with Crippen molar-refractivity contribution < 1.29 is 9.53 Å². The van der Waals surface area contributed by atoms with E-state index >= 15 is 0 Å². The molecule has 1 aliphatic heterocycles. The average molecular weight is 431 g/mol. The van der Waals surface area contributed by atoms with E-state index in [0.717, 1.165) is 36.2 Å². The minimum atomic E-state index is -0.467. The first-order chi connectivity index (χ1) is 15.3. The molecule has 3 aromatic rings. The van der Waals surface area contributed by atoms with Crippen molar-refractivity contribution in [1.82, 2.24) is 19.7 Å². The molecule has 3 heterocycles. The number of likely N-dealkylation sites (tertiary alicyclic amines) is 1. The van der Waals surface area contributed by atoms with Crippen LogP contribution in [-0.2, 0) is 11.2 Å². The van der Waals surface area contributed by atoms with E-state index in [-0.39, 0.29) is 12.1 Å². The Labute approximate surface area is 189 Å². The van der Waals surface area contributed by atoms with Gasteiger partial charge in [0.15, 0.2) is 0 Å². The molecule has 2 aromatic heterocycles. The number of benzene rings is 1. The van der Waals surface area contributed by atoms with Crippen LogP contribution < -0.4 is 0 Å². The molecule has 0 unspecified atom stereocenters. The fraction of sp³-hybridized carbons (Fsp3) is 0.423. The van der Waals surface area contributed by atoms with Crippen LogP contribution >= 0.6 is 0 Å². The third-order valence-electron chi connectivity index (χ3n) is 6.37. The number of fused-ring (bicyclic) bond motifs is 3. The van der Waals surface area contributed by atoms with Crippen molar-refractivity contribution in [3.63, 3.8) is 0 Å². The van der Waals surface area contributed by atoms with Gasteiger partial charge in [0.2, 0.25) is 0 Å². The van der Waals surface area contributed by atoms with E-state index < -0.39 is 5.60 Å². The Balaban J connectivity index is 1.37. The number of amides is 1. The molecule has 1 amide bonds. The molecule has 32 heavy (non-hydrogen) atoms. The summed E-state index contributed by atoms with van der Waals surface area (Å²) < 4.78 is 7.63. The fourth-order valence-corrected chi connectivity index (χ4v) is 4.84. The van der Waals surface area contributed by atoms with E-state index in [0.29, 0.717) is 13.1 Å². The number of aromatic nitrogens is 3. The molecule has 1 fully saturated rings. The second-order valence-corrected chi connectivity index (χ2v) is 9.82. The maximum absolute atomic E-state index is 12.4. The summed E-state index contributed by atoms with van der Waals surface area (Å²) in [5.41, 5.74) is 7.92. The lowest BCUT2D eigenvalue weighted by atomic mass is 9.97. The van der Waals surface area contributed by atoms with Gasteiger partial charge in [0.05, 0.1) is 17.4 Å². The number of carbonyl (C=O) groups excluding carboxylic acids is 1. The Morgan fingerprint density at radius 2 is 1.81 bits per heavy atom. The van der Waals surface area contributed by atoms with Gasteiger partial charge in [-0.25, -0.2) is 4.79 Å². The molecule has 0 N–H and O–H groups in total. The number of ether oxygens (including phenoxy) is 1. The van der Waals surface area contributed by atoms with Gasteiger partial charge in [0.1, 0.15) is 5.60 Å². The largest absolute Gasteiger partial charge is 0.444 e. The van der Waals surface area contributed by atoms with E-state index in [2.05, 4.69) is 53.1 Å². The minimum absolute atomic E-state index is 0.223. The second-order valence-electron chi connectivity index (χ2n) is 9.82. The zero-order chi connectivity index (χ0) is 22.5. The summed E-state index contributed by atoms with van der Waals surface area (Å²) in [5.74, 6) is 0. The number of hydrogen-bond donors (Lipinski definition) is 0. The first-order valence-corrected chi connectivity index (χ1v) is 11.4. The topological polar surface area (TPSA) is 60.2 Å². The van der Waals surface area contributed by atoms with Crippen LogP contribution in [0.1, 0.15) is 56.6 Å². The van der Waals surface area contributed by atoms with Crippen LogP contribution in [0.15, 0.2) is 42.7 Å². The summed E-state index contributed by atoms with van der Waals surface area (Å²) in [6.45, 7) is 9.16. The van der Waals surface area contributed by atoms with Crippen LogP contribution in [0.5, 0.6) is 0 Å². The van der Waals surface area contributed by atoms with Crippen LogP contribution in [0.25, 0.3) is 22.3 Å². The zero-order valence-corrected chi connectivity index (χ0v) is 19.3. The summed E-state index contributed by atoms with van der Waals surface area (Å²) >= 11 is 0. The third-order valence-corrected chi connectivity index (χ3v) is 6.37. The van der Waals surface area contributed by atoms with Gasteiger partial charge in [-0.2, -0.15) is 5.10 Å². The maximum atomic E-state index is 12.4. The zero-order valence-electron chi connectivity index (χ0n) is 19.3. The van der Waals surface area contributed by atoms with E-state index in [4.69, 9.17) is 9.84 Å². The third kappa shape index (κ3) is 3.78. The van der Waals surface area contributed by atoms with E-state index in [1.54, 1.807) is 0 Å². The Hall–Kier alpha value is -3.15. The number of piperidine rings is 1. The van der Waals surface area contributed by atoms with Crippen molar-refractivity contribution in [2.24, 2.45) is 0 Å². The Bertz CT molecular complexity index is 1170. The van der Waals surface area contributed by atoms with Crippen LogP contribution in [0, 0.1) is 6.92 Å². The molecule has 6 nitrogen and oxygen atoms in total. The van der Waals surface area contributed by atoms with Crippen molar-refractivity contribution in [1.29, 1.82) is 0 Å². The van der Waals surface area contributed by atoms with Gasteiger partial charge in [-0.3, -0.25) is 9.67 Å². The number of hydrogen-bond acceptors (Lipinski definition) is 4.